The molecule has 0 saturated heterocycles. The van der Waals surface area contributed by atoms with E-state index in [0.29, 0.717) is 18.2 Å². The third-order valence-corrected chi connectivity index (χ3v) is 2.24. The fraction of sp³-hybridized carbons (Fsp3) is 0.714. The standard InChI is InChI=1S/C7H13N5O2S/c1-14-4-2-3-5(8)6(13)9-7-10-11-12-15-7/h5H,2-4,8H2,1H3,(H,9,10,12,13). The Kier molecular flexibility index (Phi) is 5.08. The first-order chi connectivity index (χ1) is 7.24. The van der Waals surface area contributed by atoms with Gasteiger partial charge in [-0.05, 0) is 18.1 Å². The van der Waals surface area contributed by atoms with E-state index in [-0.39, 0.29) is 5.91 Å². The first-order valence-electron chi connectivity index (χ1n) is 4.44. The third-order valence-electron chi connectivity index (χ3n) is 1.73. The minimum absolute atomic E-state index is 0.273. The number of anilines is 1. The summed E-state index contributed by atoms with van der Waals surface area (Å²) in [4.78, 5) is 11.4. The van der Waals surface area contributed by atoms with Gasteiger partial charge in [0.1, 0.15) is 0 Å². The Labute approximate surface area is 91.2 Å². The van der Waals surface area contributed by atoms with Crippen LogP contribution in [0.1, 0.15) is 12.8 Å². The van der Waals surface area contributed by atoms with Crippen molar-refractivity contribution in [1.82, 2.24) is 14.8 Å². The molecular formula is C7H13N5O2S. The van der Waals surface area contributed by atoms with Crippen molar-refractivity contribution >= 4 is 22.6 Å². The summed E-state index contributed by atoms with van der Waals surface area (Å²) in [6, 6.07) is -0.552. The molecule has 1 rings (SSSR count). The van der Waals surface area contributed by atoms with E-state index in [1.807, 2.05) is 0 Å². The molecule has 0 spiro atoms. The molecule has 1 unspecified atom stereocenters. The average Bonchev–Trinajstić information content (AvgIpc) is 2.70. The summed E-state index contributed by atoms with van der Waals surface area (Å²) in [6.07, 6.45) is 1.32. The number of rotatable bonds is 6. The molecule has 0 fully saturated rings. The maximum Gasteiger partial charge on any atom is 0.243 e. The van der Waals surface area contributed by atoms with Crippen molar-refractivity contribution < 1.29 is 9.53 Å². The molecule has 0 saturated carbocycles. The molecule has 1 aromatic rings. The number of aromatic nitrogens is 3. The van der Waals surface area contributed by atoms with Gasteiger partial charge in [-0.1, -0.05) is 9.59 Å². The Bertz CT molecular complexity index is 292. The molecule has 0 radical (unpaired) electrons. The molecule has 0 aliphatic rings. The van der Waals surface area contributed by atoms with E-state index in [4.69, 9.17) is 10.5 Å². The van der Waals surface area contributed by atoms with Gasteiger partial charge in [-0.2, -0.15) is 0 Å². The van der Waals surface area contributed by atoms with Gasteiger partial charge in [0.05, 0.1) is 6.04 Å². The molecule has 0 aliphatic heterocycles. The number of nitrogens with zero attached hydrogens (tertiary/aromatic N) is 3. The molecule has 8 heteroatoms. The van der Waals surface area contributed by atoms with Crippen LogP contribution in [0.3, 0.4) is 0 Å². The van der Waals surface area contributed by atoms with Gasteiger partial charge in [0.2, 0.25) is 11.0 Å². The highest BCUT2D eigenvalue weighted by atomic mass is 32.1. The van der Waals surface area contributed by atoms with Crippen LogP contribution in [0, 0.1) is 0 Å². The molecule has 1 aromatic heterocycles. The van der Waals surface area contributed by atoms with Gasteiger partial charge in [0.25, 0.3) is 0 Å². The van der Waals surface area contributed by atoms with Gasteiger partial charge in [-0.25, -0.2) is 0 Å². The van der Waals surface area contributed by atoms with Crippen LogP contribution in [0.25, 0.3) is 0 Å². The van der Waals surface area contributed by atoms with Crippen molar-refractivity contribution in [2.24, 2.45) is 5.73 Å². The number of amides is 1. The van der Waals surface area contributed by atoms with Crippen molar-refractivity contribution in [3.63, 3.8) is 0 Å². The van der Waals surface area contributed by atoms with Crippen molar-refractivity contribution in [2.75, 3.05) is 19.0 Å². The fourth-order valence-electron chi connectivity index (χ4n) is 0.959. The first-order valence-corrected chi connectivity index (χ1v) is 5.22. The van der Waals surface area contributed by atoms with E-state index in [1.54, 1.807) is 7.11 Å². The number of nitrogens with two attached hydrogens (primary N) is 1. The van der Waals surface area contributed by atoms with Gasteiger partial charge < -0.3 is 10.5 Å². The van der Waals surface area contributed by atoms with Crippen LogP contribution in [-0.4, -0.2) is 40.5 Å². The highest BCUT2D eigenvalue weighted by molar-refractivity contribution is 7.09. The molecule has 7 nitrogen and oxygen atoms in total. The number of hydrogen-bond acceptors (Lipinski definition) is 7. The van der Waals surface area contributed by atoms with Crippen molar-refractivity contribution in [3.8, 4) is 0 Å². The monoisotopic (exact) mass is 231 g/mol. The Balaban J connectivity index is 2.27. The second-order valence-corrected chi connectivity index (χ2v) is 3.63. The largest absolute Gasteiger partial charge is 0.385 e. The van der Waals surface area contributed by atoms with Crippen LogP contribution in [0.2, 0.25) is 0 Å². The van der Waals surface area contributed by atoms with E-state index in [1.165, 1.54) is 0 Å². The van der Waals surface area contributed by atoms with Gasteiger partial charge in [0, 0.05) is 25.2 Å². The maximum absolute atomic E-state index is 11.4. The number of carbonyl (C=O) groups excluding carboxylic acids is 1. The maximum atomic E-state index is 11.4. The lowest BCUT2D eigenvalue weighted by molar-refractivity contribution is -0.117. The van der Waals surface area contributed by atoms with Crippen LogP contribution >= 0.6 is 11.5 Å². The number of ether oxygens (including phenoxy) is 1. The highest BCUT2D eigenvalue weighted by Gasteiger charge is 2.14. The lowest BCUT2D eigenvalue weighted by Gasteiger charge is -2.09. The van der Waals surface area contributed by atoms with Gasteiger partial charge in [-0.15, -0.1) is 0 Å². The summed E-state index contributed by atoms with van der Waals surface area (Å²) in [5, 5.41) is 9.82. The lowest BCUT2D eigenvalue weighted by atomic mass is 10.1. The Hall–Kier alpha value is -1.12. The molecular weight excluding hydrogens is 218 g/mol. The van der Waals surface area contributed by atoms with Gasteiger partial charge >= 0.3 is 0 Å². The summed E-state index contributed by atoms with van der Waals surface area (Å²) < 4.78 is 8.38. The number of nitrogens with one attached hydrogen (secondary N) is 1. The minimum Gasteiger partial charge on any atom is -0.385 e. The zero-order valence-corrected chi connectivity index (χ0v) is 9.16. The van der Waals surface area contributed by atoms with Crippen molar-refractivity contribution in [2.45, 2.75) is 18.9 Å². The second-order valence-electron chi connectivity index (χ2n) is 2.90. The molecule has 15 heavy (non-hydrogen) atoms. The van der Waals surface area contributed by atoms with Crippen LogP contribution in [0.5, 0.6) is 0 Å². The molecule has 84 valence electrons. The Morgan fingerprint density at radius 2 is 2.53 bits per heavy atom. The predicted octanol–water partition coefficient (Wildman–Crippen LogP) is -0.375. The van der Waals surface area contributed by atoms with E-state index < -0.39 is 6.04 Å². The fourth-order valence-corrected chi connectivity index (χ4v) is 1.33. The summed E-state index contributed by atoms with van der Waals surface area (Å²) in [7, 11) is 1.61. The van der Waals surface area contributed by atoms with E-state index in [9.17, 15) is 4.79 Å². The number of hydrogen-bond donors (Lipinski definition) is 2. The zero-order valence-electron chi connectivity index (χ0n) is 8.34. The summed E-state index contributed by atoms with van der Waals surface area (Å²) in [5.41, 5.74) is 5.64. The molecule has 0 aliphatic carbocycles. The van der Waals surface area contributed by atoms with Crippen molar-refractivity contribution in [3.05, 3.63) is 0 Å². The van der Waals surface area contributed by atoms with Crippen LogP contribution in [-0.2, 0) is 9.53 Å². The highest BCUT2D eigenvalue weighted by Crippen LogP contribution is 2.06. The quantitative estimate of drug-likeness (QED) is 0.647. The Morgan fingerprint density at radius 1 is 1.73 bits per heavy atom. The van der Waals surface area contributed by atoms with E-state index >= 15 is 0 Å². The summed E-state index contributed by atoms with van der Waals surface area (Å²) in [6.45, 7) is 0.599. The Morgan fingerprint density at radius 3 is 3.13 bits per heavy atom. The van der Waals surface area contributed by atoms with E-state index in [0.717, 1.165) is 18.0 Å². The second kappa shape index (κ2) is 6.38. The lowest BCUT2D eigenvalue weighted by Crippen LogP contribution is -2.35. The number of carbonyl (C=O) groups is 1. The molecule has 0 aromatic carbocycles. The van der Waals surface area contributed by atoms with Crippen LogP contribution < -0.4 is 11.1 Å². The van der Waals surface area contributed by atoms with Gasteiger partial charge in [0.15, 0.2) is 0 Å². The summed E-state index contributed by atoms with van der Waals surface area (Å²) >= 11 is 1.01. The molecule has 1 heterocycles. The molecule has 1 amide bonds. The zero-order chi connectivity index (χ0) is 11.1. The topological polar surface area (TPSA) is 103 Å². The molecule has 3 N–H and O–H groups in total. The normalized spacial score (nSPS) is 12.4. The average molecular weight is 231 g/mol. The smallest absolute Gasteiger partial charge is 0.243 e. The number of methoxy groups -OCH3 is 1. The molecule has 0 bridgehead atoms. The predicted molar refractivity (Wildman–Crippen MR) is 55.4 cm³/mol. The summed E-state index contributed by atoms with van der Waals surface area (Å²) in [5.74, 6) is -0.273. The van der Waals surface area contributed by atoms with Gasteiger partial charge in [-0.3, -0.25) is 10.1 Å². The van der Waals surface area contributed by atoms with Crippen LogP contribution in [0.4, 0.5) is 5.13 Å². The van der Waals surface area contributed by atoms with Crippen LogP contribution in [0.15, 0.2) is 0 Å². The first kappa shape index (κ1) is 12.0. The molecule has 1 atom stereocenters. The van der Waals surface area contributed by atoms with Crippen molar-refractivity contribution in [1.29, 1.82) is 0 Å². The van der Waals surface area contributed by atoms with E-state index in [2.05, 4.69) is 20.1 Å². The SMILES string of the molecule is COCCCC(N)C(=O)Nc1nnns1. The minimum atomic E-state index is -0.552. The third kappa shape index (κ3) is 4.28.